The number of fused-ring (bicyclic) bond motifs is 18. The predicted molar refractivity (Wildman–Crippen MR) is 268 cm³/mol. The molecule has 62 heavy (non-hydrogen) atoms. The second-order valence-corrected chi connectivity index (χ2v) is 17.7. The van der Waals surface area contributed by atoms with E-state index >= 15 is 0 Å². The minimum Gasteiger partial charge on any atom is -0.455 e. The minimum atomic E-state index is 0.950. The Bertz CT molecular complexity index is 4150. The lowest BCUT2D eigenvalue weighted by Gasteiger charge is -2.17. The second-order valence-electron chi connectivity index (χ2n) is 16.6. The molecule has 0 spiro atoms. The van der Waals surface area contributed by atoms with E-state index in [1.165, 1.54) is 118 Å². The topological polar surface area (TPSA) is 13.1 Å². The Labute approximate surface area is 360 Å². The van der Waals surface area contributed by atoms with Gasteiger partial charge in [0.1, 0.15) is 11.2 Å². The van der Waals surface area contributed by atoms with Gasteiger partial charge in [0.2, 0.25) is 0 Å². The van der Waals surface area contributed by atoms with Gasteiger partial charge in [-0.25, -0.2) is 0 Å². The second kappa shape index (κ2) is 12.9. The Hall–Kier alpha value is -7.78. The van der Waals surface area contributed by atoms with Gasteiger partial charge in [0, 0.05) is 41.7 Å². The lowest BCUT2D eigenvalue weighted by molar-refractivity contribution is 0.677. The summed E-state index contributed by atoms with van der Waals surface area (Å²) >= 11 is 1.89. The van der Waals surface area contributed by atoms with E-state index < -0.39 is 0 Å². The van der Waals surface area contributed by atoms with Crippen molar-refractivity contribution in [1.29, 1.82) is 0 Å². The zero-order chi connectivity index (χ0) is 40.5. The highest BCUT2D eigenvalue weighted by molar-refractivity contribution is 7.26. The van der Waals surface area contributed by atoms with Crippen molar-refractivity contribution in [3.05, 3.63) is 206 Å². The van der Waals surface area contributed by atoms with Gasteiger partial charge in [-0.05, 0) is 112 Å². The molecule has 0 saturated heterocycles. The van der Waals surface area contributed by atoms with Crippen LogP contribution in [0.15, 0.2) is 211 Å². The molecule has 14 aromatic rings. The van der Waals surface area contributed by atoms with E-state index in [4.69, 9.17) is 4.42 Å². The van der Waals surface area contributed by atoms with Crippen molar-refractivity contribution >= 4 is 118 Å². The molecule has 0 aliphatic carbocycles. The molecule has 0 saturated carbocycles. The third kappa shape index (κ3) is 4.67. The van der Waals surface area contributed by atoms with Crippen molar-refractivity contribution in [1.82, 2.24) is 0 Å². The fraction of sp³-hybridized carbons (Fsp3) is 0. The van der Waals surface area contributed by atoms with Crippen LogP contribution in [0.5, 0.6) is 0 Å². The SMILES string of the molecule is c1ccc(-c2c3ccccc3c(-c3ccc4sc5c(-c6ccc7c(c6)c6ccccc6c6c7oc7c8ccccc8c8ccccc8c76)cccc5c4c3)c3ccccc23)cc1. The van der Waals surface area contributed by atoms with Crippen LogP contribution in [0.3, 0.4) is 0 Å². The first kappa shape index (κ1) is 34.0. The van der Waals surface area contributed by atoms with Crippen molar-refractivity contribution in [2.75, 3.05) is 0 Å². The highest BCUT2D eigenvalue weighted by Crippen LogP contribution is 2.49. The summed E-state index contributed by atoms with van der Waals surface area (Å²) in [7, 11) is 0. The van der Waals surface area contributed by atoms with Crippen LogP contribution in [0.25, 0.3) is 140 Å². The molecule has 286 valence electrons. The van der Waals surface area contributed by atoms with Crippen LogP contribution in [0, 0.1) is 0 Å². The van der Waals surface area contributed by atoms with Gasteiger partial charge >= 0.3 is 0 Å². The average molecular weight is 803 g/mol. The van der Waals surface area contributed by atoms with Gasteiger partial charge in [-0.3, -0.25) is 0 Å². The minimum absolute atomic E-state index is 0.950. The Balaban J connectivity index is 0.987. The summed E-state index contributed by atoms with van der Waals surface area (Å²) < 4.78 is 9.68. The summed E-state index contributed by atoms with van der Waals surface area (Å²) in [6.07, 6.45) is 0. The molecule has 2 heterocycles. The Morgan fingerprint density at radius 2 is 0.726 bits per heavy atom. The summed E-state index contributed by atoms with van der Waals surface area (Å²) in [6, 6.07) is 76.0. The normalized spacial score (nSPS) is 12.2. The Morgan fingerprint density at radius 1 is 0.274 bits per heavy atom. The maximum Gasteiger partial charge on any atom is 0.143 e. The number of hydrogen-bond acceptors (Lipinski definition) is 2. The van der Waals surface area contributed by atoms with Crippen molar-refractivity contribution in [3.8, 4) is 33.4 Å². The molecule has 0 atom stereocenters. The van der Waals surface area contributed by atoms with E-state index in [0.29, 0.717) is 0 Å². The van der Waals surface area contributed by atoms with Crippen LogP contribution >= 0.6 is 11.3 Å². The van der Waals surface area contributed by atoms with E-state index in [0.717, 1.165) is 21.9 Å². The molecule has 0 unspecified atom stereocenters. The molecule has 14 rings (SSSR count). The van der Waals surface area contributed by atoms with Crippen molar-refractivity contribution in [2.45, 2.75) is 0 Å². The zero-order valence-electron chi connectivity index (χ0n) is 33.4. The van der Waals surface area contributed by atoms with E-state index in [1.807, 2.05) is 11.3 Å². The van der Waals surface area contributed by atoms with Gasteiger partial charge in [-0.1, -0.05) is 182 Å². The Kier molecular flexibility index (Phi) is 7.05. The van der Waals surface area contributed by atoms with Gasteiger partial charge in [0.15, 0.2) is 0 Å². The van der Waals surface area contributed by atoms with Crippen molar-refractivity contribution in [3.63, 3.8) is 0 Å². The Morgan fingerprint density at radius 3 is 1.35 bits per heavy atom. The number of benzene rings is 12. The maximum absolute atomic E-state index is 7.08. The van der Waals surface area contributed by atoms with Gasteiger partial charge in [-0.15, -0.1) is 11.3 Å². The fourth-order valence-electron chi connectivity index (χ4n) is 10.8. The molecule has 0 aliphatic rings. The van der Waals surface area contributed by atoms with Gasteiger partial charge in [-0.2, -0.15) is 0 Å². The summed E-state index contributed by atoms with van der Waals surface area (Å²) in [4.78, 5) is 0. The largest absolute Gasteiger partial charge is 0.455 e. The number of thiophene rings is 1. The first-order valence-electron chi connectivity index (χ1n) is 21.3. The van der Waals surface area contributed by atoms with E-state index in [1.54, 1.807) is 0 Å². The third-order valence-corrected chi connectivity index (χ3v) is 14.6. The molecule has 2 heteroatoms. The zero-order valence-corrected chi connectivity index (χ0v) is 34.3. The average Bonchev–Trinajstić information content (AvgIpc) is 3.93. The smallest absolute Gasteiger partial charge is 0.143 e. The summed E-state index contributed by atoms with van der Waals surface area (Å²) in [6.45, 7) is 0. The first-order valence-corrected chi connectivity index (χ1v) is 22.2. The van der Waals surface area contributed by atoms with Gasteiger partial charge in [0.05, 0.1) is 0 Å². The van der Waals surface area contributed by atoms with Crippen molar-refractivity contribution in [2.24, 2.45) is 0 Å². The van der Waals surface area contributed by atoms with Gasteiger partial charge < -0.3 is 4.42 Å². The van der Waals surface area contributed by atoms with E-state index in [2.05, 4.69) is 206 Å². The summed E-state index contributed by atoms with van der Waals surface area (Å²) in [5.41, 5.74) is 9.42. The lowest BCUT2D eigenvalue weighted by atomic mass is 9.86. The molecule has 0 N–H and O–H groups in total. The standard InChI is InChI=1S/C60H34OS/c1-2-15-35(16-3-1)54-44-22-9-11-24-46(44)55(47-25-12-10-23-45(47)54)37-30-32-53-52(34-37)50-28-14-27-38(60(50)62-53)36-29-31-49-51(33-36)41-19-5-8-21-43(41)57-56-42-20-7-4-17-39(42)40-18-6-13-26-48(40)58(56)61-59(49)57/h1-34H. The molecule has 0 radical (unpaired) electrons. The number of hydrogen-bond donors (Lipinski definition) is 0. The molecular weight excluding hydrogens is 769 g/mol. The quantitative estimate of drug-likeness (QED) is 0.128. The van der Waals surface area contributed by atoms with Crippen molar-refractivity contribution < 1.29 is 4.42 Å². The predicted octanol–water partition coefficient (Wildman–Crippen LogP) is 17.9. The van der Waals surface area contributed by atoms with Crippen LogP contribution in [-0.2, 0) is 0 Å². The maximum atomic E-state index is 7.08. The number of furan rings is 1. The van der Waals surface area contributed by atoms with Crippen LogP contribution in [0.1, 0.15) is 0 Å². The van der Waals surface area contributed by atoms with Crippen LogP contribution in [0.4, 0.5) is 0 Å². The van der Waals surface area contributed by atoms with Crippen LogP contribution < -0.4 is 0 Å². The van der Waals surface area contributed by atoms with E-state index in [9.17, 15) is 0 Å². The lowest BCUT2D eigenvalue weighted by Crippen LogP contribution is -1.90. The molecule has 0 aliphatic heterocycles. The molecule has 2 aromatic heterocycles. The molecule has 0 bridgehead atoms. The molecular formula is C60H34OS. The molecule has 0 fully saturated rings. The van der Waals surface area contributed by atoms with Gasteiger partial charge in [0.25, 0.3) is 0 Å². The van der Waals surface area contributed by atoms with E-state index in [-0.39, 0.29) is 0 Å². The highest BCUT2D eigenvalue weighted by Gasteiger charge is 2.22. The van der Waals surface area contributed by atoms with Crippen LogP contribution in [0.2, 0.25) is 0 Å². The van der Waals surface area contributed by atoms with Crippen LogP contribution in [-0.4, -0.2) is 0 Å². The summed E-state index contributed by atoms with van der Waals surface area (Å²) in [5.74, 6) is 0. The summed E-state index contributed by atoms with van der Waals surface area (Å²) in [5, 5.41) is 19.7. The molecule has 12 aromatic carbocycles. The fourth-order valence-corrected chi connectivity index (χ4v) is 12.0. The third-order valence-electron chi connectivity index (χ3n) is 13.4. The molecule has 1 nitrogen and oxygen atoms in total. The monoisotopic (exact) mass is 802 g/mol. The first-order chi connectivity index (χ1) is 30.8. The number of rotatable bonds is 3. The highest BCUT2D eigenvalue weighted by atomic mass is 32.1. The molecule has 0 amide bonds.